The molecule has 140 valence electrons. The Morgan fingerprint density at radius 2 is 2.15 bits per heavy atom. The largest absolute Gasteiger partial charge is 0.324 e. The SMILES string of the molecule is Cc1ccccc1NC(=O)C(C)n1nnc2sc3c(c2c1=O)CCC(C)C3. The third-order valence-corrected chi connectivity index (χ3v) is 6.43. The van der Waals surface area contributed by atoms with E-state index >= 15 is 0 Å². The van der Waals surface area contributed by atoms with Gasteiger partial charge in [-0.05, 0) is 56.2 Å². The molecule has 1 aliphatic carbocycles. The van der Waals surface area contributed by atoms with E-state index in [1.165, 1.54) is 9.56 Å². The maximum atomic E-state index is 13.1. The molecule has 2 heterocycles. The van der Waals surface area contributed by atoms with Gasteiger partial charge in [0, 0.05) is 10.6 Å². The Balaban J connectivity index is 1.69. The van der Waals surface area contributed by atoms with Gasteiger partial charge < -0.3 is 5.32 Å². The van der Waals surface area contributed by atoms with E-state index in [-0.39, 0.29) is 11.5 Å². The molecular formula is C20H22N4O2S. The van der Waals surface area contributed by atoms with Gasteiger partial charge >= 0.3 is 0 Å². The molecular weight excluding hydrogens is 360 g/mol. The van der Waals surface area contributed by atoms with E-state index in [2.05, 4.69) is 22.6 Å². The highest BCUT2D eigenvalue weighted by molar-refractivity contribution is 7.18. The molecule has 0 fully saturated rings. The Labute approximate surface area is 161 Å². The van der Waals surface area contributed by atoms with Crippen molar-refractivity contribution >= 4 is 33.1 Å². The number of fused-ring (bicyclic) bond motifs is 3. The molecule has 2 atom stereocenters. The van der Waals surface area contributed by atoms with E-state index < -0.39 is 6.04 Å². The molecule has 0 spiro atoms. The molecule has 1 amide bonds. The van der Waals surface area contributed by atoms with E-state index in [0.29, 0.717) is 16.1 Å². The van der Waals surface area contributed by atoms with Crippen molar-refractivity contribution in [3.05, 3.63) is 50.6 Å². The minimum atomic E-state index is -0.743. The van der Waals surface area contributed by atoms with E-state index in [0.717, 1.165) is 36.1 Å². The number of amides is 1. The number of nitrogens with zero attached hydrogens (tertiary/aromatic N) is 3. The fourth-order valence-corrected chi connectivity index (χ4v) is 4.90. The Morgan fingerprint density at radius 1 is 1.37 bits per heavy atom. The van der Waals surface area contributed by atoms with Crippen LogP contribution >= 0.6 is 11.3 Å². The summed E-state index contributed by atoms with van der Waals surface area (Å²) in [5, 5.41) is 11.8. The smallest absolute Gasteiger partial charge is 0.279 e. The fraction of sp³-hybridized carbons (Fsp3) is 0.400. The first-order valence-corrected chi connectivity index (χ1v) is 10.0. The van der Waals surface area contributed by atoms with E-state index in [4.69, 9.17) is 0 Å². The van der Waals surface area contributed by atoms with Crippen LogP contribution in [0.5, 0.6) is 0 Å². The summed E-state index contributed by atoms with van der Waals surface area (Å²) in [5.41, 5.74) is 2.58. The summed E-state index contributed by atoms with van der Waals surface area (Å²) in [4.78, 5) is 27.7. The molecule has 6 nitrogen and oxygen atoms in total. The zero-order valence-electron chi connectivity index (χ0n) is 15.7. The van der Waals surface area contributed by atoms with Gasteiger partial charge in [0.05, 0.1) is 5.39 Å². The minimum Gasteiger partial charge on any atom is -0.324 e. The monoisotopic (exact) mass is 382 g/mol. The second-order valence-electron chi connectivity index (χ2n) is 7.35. The Morgan fingerprint density at radius 3 is 2.93 bits per heavy atom. The number of aromatic nitrogens is 3. The van der Waals surface area contributed by atoms with Crippen LogP contribution in [0.3, 0.4) is 0 Å². The number of rotatable bonds is 3. The van der Waals surface area contributed by atoms with Gasteiger partial charge in [0.25, 0.3) is 5.56 Å². The molecule has 0 bridgehead atoms. The van der Waals surface area contributed by atoms with Crippen LogP contribution < -0.4 is 10.9 Å². The normalized spacial score (nSPS) is 17.5. The molecule has 0 saturated heterocycles. The van der Waals surface area contributed by atoms with Gasteiger partial charge in [-0.1, -0.05) is 30.3 Å². The molecule has 2 unspecified atom stereocenters. The number of hydrogen-bond acceptors (Lipinski definition) is 5. The number of nitrogens with one attached hydrogen (secondary N) is 1. The summed E-state index contributed by atoms with van der Waals surface area (Å²) in [6.45, 7) is 5.84. The lowest BCUT2D eigenvalue weighted by Crippen LogP contribution is -2.34. The number of para-hydroxylation sites is 1. The van der Waals surface area contributed by atoms with E-state index in [9.17, 15) is 9.59 Å². The zero-order chi connectivity index (χ0) is 19.1. The maximum absolute atomic E-state index is 13.1. The van der Waals surface area contributed by atoms with Crippen LogP contribution in [0, 0.1) is 12.8 Å². The van der Waals surface area contributed by atoms with E-state index in [1.54, 1.807) is 18.3 Å². The second-order valence-corrected chi connectivity index (χ2v) is 8.43. The lowest BCUT2D eigenvalue weighted by atomic mass is 9.89. The molecule has 1 N–H and O–H groups in total. The van der Waals surface area contributed by atoms with Crippen molar-refractivity contribution in [3.8, 4) is 0 Å². The van der Waals surface area contributed by atoms with Gasteiger partial charge in [-0.2, -0.15) is 4.68 Å². The predicted molar refractivity (Wildman–Crippen MR) is 107 cm³/mol. The standard InChI is InChI=1S/C20H22N4O2S/c1-11-8-9-14-16(10-11)27-19-17(14)20(26)24(23-22-19)13(3)18(25)21-15-7-5-4-6-12(15)2/h4-7,11,13H,8-10H2,1-3H3,(H,21,25). The van der Waals surface area contributed by atoms with Crippen molar-refractivity contribution in [3.63, 3.8) is 0 Å². The molecule has 0 saturated carbocycles. The van der Waals surface area contributed by atoms with Crippen molar-refractivity contribution in [1.82, 2.24) is 15.0 Å². The first kappa shape index (κ1) is 17.9. The first-order chi connectivity index (χ1) is 13.0. The topological polar surface area (TPSA) is 76.9 Å². The minimum absolute atomic E-state index is 0.223. The summed E-state index contributed by atoms with van der Waals surface area (Å²) in [5.74, 6) is 0.345. The zero-order valence-corrected chi connectivity index (χ0v) is 16.5. The van der Waals surface area contributed by atoms with Gasteiger partial charge in [-0.15, -0.1) is 16.4 Å². The lowest BCUT2D eigenvalue weighted by Gasteiger charge is -2.18. The number of anilines is 1. The van der Waals surface area contributed by atoms with Crippen LogP contribution in [0.4, 0.5) is 5.69 Å². The van der Waals surface area contributed by atoms with Gasteiger partial charge in [0.2, 0.25) is 5.91 Å². The quantitative estimate of drug-likeness (QED) is 0.752. The summed E-state index contributed by atoms with van der Waals surface area (Å²) < 4.78 is 1.21. The fourth-order valence-electron chi connectivity index (χ4n) is 3.59. The number of benzene rings is 1. The van der Waals surface area contributed by atoms with E-state index in [1.807, 2.05) is 31.2 Å². The number of carbonyl (C=O) groups excluding carboxylic acids is 1. The van der Waals surface area contributed by atoms with Crippen LogP contribution in [0.2, 0.25) is 0 Å². The number of aryl methyl sites for hydroxylation is 2. The molecule has 1 aliphatic rings. The first-order valence-electron chi connectivity index (χ1n) is 9.22. The van der Waals surface area contributed by atoms with Crippen LogP contribution in [0.15, 0.2) is 29.1 Å². The number of carbonyl (C=O) groups is 1. The summed E-state index contributed by atoms with van der Waals surface area (Å²) in [6.07, 6.45) is 2.95. The summed E-state index contributed by atoms with van der Waals surface area (Å²) in [7, 11) is 0. The van der Waals surface area contributed by atoms with Gasteiger partial charge in [0.15, 0.2) is 4.83 Å². The molecule has 0 radical (unpaired) electrons. The Kier molecular flexibility index (Phi) is 4.55. The van der Waals surface area contributed by atoms with Crippen LogP contribution in [0.25, 0.3) is 10.2 Å². The van der Waals surface area contributed by atoms with Gasteiger partial charge in [0.1, 0.15) is 6.04 Å². The average Bonchev–Trinajstić information content (AvgIpc) is 3.01. The lowest BCUT2D eigenvalue weighted by molar-refractivity contribution is -0.119. The summed E-state index contributed by atoms with van der Waals surface area (Å²) >= 11 is 1.56. The van der Waals surface area contributed by atoms with Crippen molar-refractivity contribution in [2.75, 3.05) is 5.32 Å². The predicted octanol–water partition coefficient (Wildman–Crippen LogP) is 3.49. The molecule has 27 heavy (non-hydrogen) atoms. The van der Waals surface area contributed by atoms with Crippen molar-refractivity contribution < 1.29 is 4.79 Å². The second kappa shape index (κ2) is 6.88. The highest BCUT2D eigenvalue weighted by atomic mass is 32.1. The Bertz CT molecular complexity index is 1090. The van der Waals surface area contributed by atoms with Crippen LogP contribution in [-0.2, 0) is 17.6 Å². The molecule has 0 aliphatic heterocycles. The number of thiophene rings is 1. The molecule has 4 rings (SSSR count). The van der Waals surface area contributed by atoms with Crippen molar-refractivity contribution in [2.24, 2.45) is 5.92 Å². The summed E-state index contributed by atoms with van der Waals surface area (Å²) in [6, 6.07) is 6.81. The number of hydrogen-bond donors (Lipinski definition) is 1. The van der Waals surface area contributed by atoms with Crippen LogP contribution in [-0.4, -0.2) is 20.9 Å². The molecule has 2 aromatic heterocycles. The molecule has 3 aromatic rings. The Hall–Kier alpha value is -2.54. The highest BCUT2D eigenvalue weighted by Gasteiger charge is 2.26. The van der Waals surface area contributed by atoms with Gasteiger partial charge in [-0.25, -0.2) is 0 Å². The van der Waals surface area contributed by atoms with Crippen molar-refractivity contribution in [2.45, 2.75) is 46.1 Å². The highest BCUT2D eigenvalue weighted by Crippen LogP contribution is 2.35. The third kappa shape index (κ3) is 3.16. The van der Waals surface area contributed by atoms with Crippen molar-refractivity contribution in [1.29, 1.82) is 0 Å². The molecule has 7 heteroatoms. The maximum Gasteiger partial charge on any atom is 0.279 e. The van der Waals surface area contributed by atoms with Crippen LogP contribution in [0.1, 0.15) is 42.3 Å². The van der Waals surface area contributed by atoms with Gasteiger partial charge in [-0.3, -0.25) is 9.59 Å². The third-order valence-electron chi connectivity index (χ3n) is 5.30. The molecule has 1 aromatic carbocycles. The average molecular weight is 382 g/mol.